The van der Waals surface area contributed by atoms with E-state index in [4.69, 9.17) is 0 Å². The molecule has 4 N–H and O–H groups in total. The summed E-state index contributed by atoms with van der Waals surface area (Å²) < 4.78 is 0. The lowest BCUT2D eigenvalue weighted by molar-refractivity contribution is 0.362. The number of aromatic amines is 1. The lowest BCUT2D eigenvalue weighted by atomic mass is 9.78. The highest BCUT2D eigenvalue weighted by Crippen LogP contribution is 2.54. The standard InChI is InChI=1S/C33H32N2O8/c1-4-5-6-7-18-13-17-12-15-8-10-33(25(15)29(40)20(17)32(43)34-18)30(41)23-24(31(33)42)28(39)22-21(27(23)38)19(36)14-16(26(22)37)9-11-35(2)3/h12-14,40-42H,4-11H2,1-3H3,(H,34,43). The second kappa shape index (κ2) is 10.0. The number of likely N-dealkylation sites (N-methyl/N-ethyl adjacent to an activating group) is 1. The van der Waals surface area contributed by atoms with E-state index >= 15 is 0 Å². The first-order valence-corrected chi connectivity index (χ1v) is 14.5. The van der Waals surface area contributed by atoms with Gasteiger partial charge in [-0.2, -0.15) is 0 Å². The van der Waals surface area contributed by atoms with Gasteiger partial charge in [-0.25, -0.2) is 0 Å². The first-order chi connectivity index (χ1) is 20.4. The maximum absolute atomic E-state index is 13.8. The van der Waals surface area contributed by atoms with Gasteiger partial charge in [-0.05, 0) is 69.3 Å². The Morgan fingerprint density at radius 3 is 2.16 bits per heavy atom. The fraction of sp³-hybridized carbons (Fsp3) is 0.364. The Hall–Kier alpha value is -4.57. The Balaban J connectivity index is 1.66. The van der Waals surface area contributed by atoms with Gasteiger partial charge in [-0.15, -0.1) is 0 Å². The Morgan fingerprint density at radius 2 is 1.51 bits per heavy atom. The van der Waals surface area contributed by atoms with E-state index in [2.05, 4.69) is 11.9 Å². The SMILES string of the molecule is CCCCCc1cc2cc3c(c(O)c2c(=O)[nH]1)C1(CC3)C(O)=c2c(=O)c3c(=O)cc(CCN(C)C)c(=O)c=3c(=O)c2=C1O. The van der Waals surface area contributed by atoms with Crippen molar-refractivity contribution in [3.8, 4) is 5.75 Å². The topological polar surface area (TPSA) is 165 Å². The normalized spacial score (nSPS) is 17.6. The summed E-state index contributed by atoms with van der Waals surface area (Å²) in [5, 5.41) is 32.9. The van der Waals surface area contributed by atoms with Crippen LogP contribution in [0.1, 0.15) is 55.0 Å². The number of unbranched alkanes of at least 4 members (excludes halogenated alkanes) is 2. The van der Waals surface area contributed by atoms with Crippen LogP contribution in [0.3, 0.4) is 0 Å². The third kappa shape index (κ3) is 3.92. The monoisotopic (exact) mass is 584 g/mol. The summed E-state index contributed by atoms with van der Waals surface area (Å²) >= 11 is 0. The van der Waals surface area contributed by atoms with E-state index in [-0.39, 0.29) is 35.8 Å². The van der Waals surface area contributed by atoms with Crippen molar-refractivity contribution in [3.63, 3.8) is 0 Å². The molecule has 0 saturated heterocycles. The number of nitrogens with zero attached hydrogens (tertiary/aromatic N) is 1. The second-order valence-electron chi connectivity index (χ2n) is 12.0. The molecule has 1 aromatic heterocycles. The highest BCUT2D eigenvalue weighted by molar-refractivity contribution is 5.94. The number of pyridine rings is 1. The second-order valence-corrected chi connectivity index (χ2v) is 12.0. The number of phenolic OH excluding ortho intramolecular Hbond substituents is 1. The van der Waals surface area contributed by atoms with E-state index < -0.39 is 70.8 Å². The van der Waals surface area contributed by atoms with Crippen molar-refractivity contribution < 1.29 is 15.3 Å². The summed E-state index contributed by atoms with van der Waals surface area (Å²) in [6.45, 7) is 2.50. The van der Waals surface area contributed by atoms with E-state index in [1.807, 2.05) is 0 Å². The third-order valence-corrected chi connectivity index (χ3v) is 9.08. The first-order valence-electron chi connectivity index (χ1n) is 14.5. The number of aromatic hydroxyl groups is 1. The van der Waals surface area contributed by atoms with Gasteiger partial charge in [-0.3, -0.25) is 24.0 Å². The van der Waals surface area contributed by atoms with E-state index in [0.717, 1.165) is 31.0 Å². The molecule has 6 rings (SSSR count). The molecule has 43 heavy (non-hydrogen) atoms. The van der Waals surface area contributed by atoms with Gasteiger partial charge in [0.05, 0.1) is 26.3 Å². The number of hydrogen-bond donors (Lipinski definition) is 4. The number of phenols is 1. The predicted octanol–water partition coefficient (Wildman–Crippen LogP) is 0.342. The summed E-state index contributed by atoms with van der Waals surface area (Å²) in [6.07, 6.45) is 3.96. The molecule has 222 valence electrons. The Kier molecular flexibility index (Phi) is 6.65. The minimum absolute atomic E-state index is 0.0163. The van der Waals surface area contributed by atoms with Gasteiger partial charge in [0.1, 0.15) is 22.7 Å². The quantitative estimate of drug-likeness (QED) is 0.224. The number of rotatable bonds is 7. The van der Waals surface area contributed by atoms with Crippen molar-refractivity contribution in [2.45, 2.75) is 57.3 Å². The molecular weight excluding hydrogens is 552 g/mol. The molecule has 4 aliphatic carbocycles. The number of fused-ring (bicyclic) bond motifs is 4. The summed E-state index contributed by atoms with van der Waals surface area (Å²) in [4.78, 5) is 71.8. The number of aryl methyl sites for hydroxylation is 2. The molecule has 0 aliphatic heterocycles. The maximum atomic E-state index is 13.8. The highest BCUT2D eigenvalue weighted by Gasteiger charge is 2.53. The molecule has 0 radical (unpaired) electrons. The number of aliphatic hydroxyl groups excluding tert-OH is 2. The molecule has 10 heteroatoms. The first kappa shape index (κ1) is 28.5. The minimum atomic E-state index is -1.89. The van der Waals surface area contributed by atoms with Crippen LogP contribution in [0.15, 0.2) is 42.2 Å². The molecule has 4 aliphatic rings. The van der Waals surface area contributed by atoms with Crippen molar-refractivity contribution >= 4 is 22.3 Å². The van der Waals surface area contributed by atoms with Crippen LogP contribution in [0.5, 0.6) is 5.75 Å². The van der Waals surface area contributed by atoms with Crippen LogP contribution in [0.2, 0.25) is 0 Å². The number of H-pyrrole nitrogens is 1. The van der Waals surface area contributed by atoms with Gasteiger partial charge < -0.3 is 25.2 Å². The zero-order valence-corrected chi connectivity index (χ0v) is 24.2. The van der Waals surface area contributed by atoms with Gasteiger partial charge in [0.15, 0.2) is 10.9 Å². The van der Waals surface area contributed by atoms with Crippen molar-refractivity contribution in [2.24, 2.45) is 0 Å². The van der Waals surface area contributed by atoms with E-state index in [0.29, 0.717) is 23.9 Å². The van der Waals surface area contributed by atoms with Gasteiger partial charge in [-0.1, -0.05) is 25.8 Å². The Bertz CT molecular complexity index is 2330. The zero-order chi connectivity index (χ0) is 31.0. The van der Waals surface area contributed by atoms with Gasteiger partial charge in [0.25, 0.3) is 5.56 Å². The number of hydrogen-bond acceptors (Lipinski definition) is 9. The van der Waals surface area contributed by atoms with E-state index in [1.54, 1.807) is 31.1 Å². The molecule has 1 unspecified atom stereocenters. The number of benzene rings is 1. The number of aliphatic hydroxyl groups is 2. The van der Waals surface area contributed by atoms with Gasteiger partial charge >= 0.3 is 0 Å². The van der Waals surface area contributed by atoms with Crippen molar-refractivity contribution in [3.05, 3.63) is 113 Å². The Labute approximate surface area is 243 Å². The van der Waals surface area contributed by atoms with Crippen molar-refractivity contribution in [2.75, 3.05) is 20.6 Å². The fourth-order valence-electron chi connectivity index (χ4n) is 6.96. The predicted molar refractivity (Wildman–Crippen MR) is 162 cm³/mol. The molecule has 1 aromatic carbocycles. The molecule has 0 fully saturated rings. The molecule has 0 bridgehead atoms. The number of aromatic nitrogens is 1. The lowest BCUT2D eigenvalue weighted by Crippen LogP contribution is -2.52. The van der Waals surface area contributed by atoms with Crippen LogP contribution >= 0.6 is 0 Å². The van der Waals surface area contributed by atoms with Crippen LogP contribution < -0.4 is 37.7 Å². The summed E-state index contributed by atoms with van der Waals surface area (Å²) in [6, 6.07) is 4.57. The average molecular weight is 585 g/mol. The zero-order valence-electron chi connectivity index (χ0n) is 24.2. The lowest BCUT2D eigenvalue weighted by Gasteiger charge is -2.27. The fourth-order valence-corrected chi connectivity index (χ4v) is 6.96. The average Bonchev–Trinajstić information content (AvgIpc) is 3.44. The third-order valence-electron chi connectivity index (χ3n) is 9.08. The van der Waals surface area contributed by atoms with Crippen LogP contribution in [0, 0.1) is 10.4 Å². The van der Waals surface area contributed by atoms with Crippen molar-refractivity contribution in [1.29, 1.82) is 0 Å². The molecule has 1 spiro atoms. The summed E-state index contributed by atoms with van der Waals surface area (Å²) in [7, 11) is 3.57. The molecule has 0 saturated carbocycles. The van der Waals surface area contributed by atoms with E-state index in [1.165, 1.54) is 0 Å². The van der Waals surface area contributed by atoms with Crippen molar-refractivity contribution in [1.82, 2.24) is 9.88 Å². The molecule has 1 heterocycles. The molecule has 0 amide bonds. The maximum Gasteiger partial charge on any atom is 0.259 e. The molecule has 10 nitrogen and oxygen atoms in total. The van der Waals surface area contributed by atoms with Crippen LogP contribution in [0.25, 0.3) is 22.3 Å². The van der Waals surface area contributed by atoms with Crippen LogP contribution in [0.4, 0.5) is 0 Å². The molecule has 1 atom stereocenters. The number of nitrogens with one attached hydrogen (secondary N) is 1. The molecular formula is C33H32N2O8. The largest absolute Gasteiger partial charge is 0.510 e. The van der Waals surface area contributed by atoms with Crippen LogP contribution in [-0.2, 0) is 24.7 Å². The Morgan fingerprint density at radius 1 is 0.837 bits per heavy atom. The smallest absolute Gasteiger partial charge is 0.259 e. The van der Waals surface area contributed by atoms with E-state index in [9.17, 15) is 39.3 Å². The molecule has 2 aromatic rings. The highest BCUT2D eigenvalue weighted by atomic mass is 16.3. The van der Waals surface area contributed by atoms with Gasteiger partial charge in [0, 0.05) is 23.4 Å². The summed E-state index contributed by atoms with van der Waals surface area (Å²) in [5.41, 5.74) is -4.72. The van der Waals surface area contributed by atoms with Crippen LogP contribution in [-0.4, -0.2) is 45.8 Å². The van der Waals surface area contributed by atoms with Gasteiger partial charge in [0.2, 0.25) is 10.9 Å². The minimum Gasteiger partial charge on any atom is -0.510 e. The summed E-state index contributed by atoms with van der Waals surface area (Å²) in [5.74, 6) is -1.84.